The number of nitrogens with one attached hydrogen (secondary N) is 1. The Labute approximate surface area is 130 Å². The highest BCUT2D eigenvalue weighted by Crippen LogP contribution is 2.17. The fourth-order valence-electron chi connectivity index (χ4n) is 2.37. The highest BCUT2D eigenvalue weighted by atomic mass is 16.5. The van der Waals surface area contributed by atoms with Gasteiger partial charge in [0.25, 0.3) is 0 Å². The number of benzene rings is 1. The average molecular weight is 292 g/mol. The van der Waals surface area contributed by atoms with Gasteiger partial charge in [-0.15, -0.1) is 0 Å². The molecule has 0 aliphatic heterocycles. The molecule has 120 valence electrons. The van der Waals surface area contributed by atoms with E-state index in [2.05, 4.69) is 56.1 Å². The van der Waals surface area contributed by atoms with E-state index in [0.29, 0.717) is 5.92 Å². The molecule has 0 aliphatic carbocycles. The molecule has 1 rings (SSSR count). The van der Waals surface area contributed by atoms with Crippen molar-refractivity contribution < 1.29 is 4.74 Å². The van der Waals surface area contributed by atoms with Gasteiger partial charge in [-0.05, 0) is 31.5 Å². The van der Waals surface area contributed by atoms with Gasteiger partial charge >= 0.3 is 0 Å². The summed E-state index contributed by atoms with van der Waals surface area (Å²) in [6, 6.07) is 8.34. The van der Waals surface area contributed by atoms with Crippen LogP contribution in [0.3, 0.4) is 0 Å². The monoisotopic (exact) mass is 292 g/mol. The summed E-state index contributed by atoms with van der Waals surface area (Å²) in [5.74, 6) is 1.72. The fraction of sp³-hybridized carbons (Fsp3) is 0.667. The molecule has 3 heteroatoms. The van der Waals surface area contributed by atoms with Gasteiger partial charge in [-0.25, -0.2) is 0 Å². The van der Waals surface area contributed by atoms with Gasteiger partial charge in [-0.1, -0.05) is 45.9 Å². The summed E-state index contributed by atoms with van der Waals surface area (Å²) in [5, 5.41) is 3.44. The van der Waals surface area contributed by atoms with Crippen LogP contribution in [0.25, 0.3) is 0 Å². The van der Waals surface area contributed by atoms with Gasteiger partial charge in [0.05, 0.1) is 0 Å². The largest absolute Gasteiger partial charge is 0.492 e. The highest BCUT2D eigenvalue weighted by Gasteiger charge is 2.06. The molecule has 21 heavy (non-hydrogen) atoms. The van der Waals surface area contributed by atoms with Crippen molar-refractivity contribution in [2.75, 3.05) is 32.8 Å². The van der Waals surface area contributed by atoms with Gasteiger partial charge in [-0.2, -0.15) is 0 Å². The summed E-state index contributed by atoms with van der Waals surface area (Å²) in [7, 11) is 0. The number of rotatable bonds is 11. The Bertz CT molecular complexity index is 379. The Hall–Kier alpha value is -1.06. The van der Waals surface area contributed by atoms with Crippen LogP contribution in [-0.2, 0) is 6.54 Å². The summed E-state index contributed by atoms with van der Waals surface area (Å²) in [6.07, 6.45) is 1.16. The molecular formula is C18H32N2O. The van der Waals surface area contributed by atoms with Gasteiger partial charge in [-0.3, -0.25) is 4.90 Å². The molecule has 1 aromatic carbocycles. The van der Waals surface area contributed by atoms with Crippen LogP contribution in [0.5, 0.6) is 5.75 Å². The Morgan fingerprint density at radius 3 is 2.62 bits per heavy atom. The van der Waals surface area contributed by atoms with Gasteiger partial charge in [0.15, 0.2) is 0 Å². The first kappa shape index (κ1) is 18.0. The molecule has 0 bridgehead atoms. The minimum absolute atomic E-state index is 0.704. The number of likely N-dealkylation sites (N-methyl/N-ethyl adjacent to an activating group) is 1. The van der Waals surface area contributed by atoms with Gasteiger partial charge in [0.1, 0.15) is 12.4 Å². The van der Waals surface area contributed by atoms with E-state index >= 15 is 0 Å². The van der Waals surface area contributed by atoms with Crippen molar-refractivity contribution in [2.45, 2.75) is 40.7 Å². The van der Waals surface area contributed by atoms with E-state index in [1.54, 1.807) is 0 Å². The standard InChI is InChI=1S/C18H32N2O/c1-5-11-19-14-17-9-7-8-10-18(17)21-13-12-20(6-2)15-16(3)4/h7-10,16,19H,5-6,11-15H2,1-4H3. The number of hydrogen-bond acceptors (Lipinski definition) is 3. The molecule has 0 saturated carbocycles. The molecule has 0 saturated heterocycles. The predicted molar refractivity (Wildman–Crippen MR) is 90.9 cm³/mol. The molecule has 1 N–H and O–H groups in total. The topological polar surface area (TPSA) is 24.5 Å². The Morgan fingerprint density at radius 2 is 1.95 bits per heavy atom. The second-order valence-corrected chi connectivity index (χ2v) is 5.92. The van der Waals surface area contributed by atoms with E-state index in [9.17, 15) is 0 Å². The third-order valence-corrected chi connectivity index (χ3v) is 3.45. The molecule has 0 aromatic heterocycles. The Balaban J connectivity index is 2.43. The van der Waals surface area contributed by atoms with E-state index in [0.717, 1.165) is 51.5 Å². The lowest BCUT2D eigenvalue weighted by Gasteiger charge is -2.22. The van der Waals surface area contributed by atoms with E-state index in [-0.39, 0.29) is 0 Å². The lowest BCUT2D eigenvalue weighted by atomic mass is 10.2. The molecular weight excluding hydrogens is 260 g/mol. The first-order valence-corrected chi connectivity index (χ1v) is 8.31. The zero-order chi connectivity index (χ0) is 15.5. The molecule has 0 aliphatic rings. The molecule has 0 radical (unpaired) electrons. The van der Waals surface area contributed by atoms with E-state index in [1.165, 1.54) is 5.56 Å². The summed E-state index contributed by atoms with van der Waals surface area (Å²) >= 11 is 0. The van der Waals surface area contributed by atoms with Crippen LogP contribution in [-0.4, -0.2) is 37.7 Å². The normalized spacial score (nSPS) is 11.3. The SMILES string of the molecule is CCCNCc1ccccc1OCCN(CC)CC(C)C. The molecule has 0 unspecified atom stereocenters. The highest BCUT2D eigenvalue weighted by molar-refractivity contribution is 5.33. The summed E-state index contributed by atoms with van der Waals surface area (Å²) in [4.78, 5) is 2.45. The van der Waals surface area contributed by atoms with Crippen molar-refractivity contribution >= 4 is 0 Å². The third kappa shape index (κ3) is 7.49. The van der Waals surface area contributed by atoms with Crippen LogP contribution in [0, 0.1) is 5.92 Å². The maximum absolute atomic E-state index is 6.00. The van der Waals surface area contributed by atoms with Crippen molar-refractivity contribution in [1.29, 1.82) is 0 Å². The molecule has 0 heterocycles. The average Bonchev–Trinajstić information content (AvgIpc) is 2.47. The molecule has 0 spiro atoms. The number of para-hydroxylation sites is 1. The second-order valence-electron chi connectivity index (χ2n) is 5.92. The molecule has 0 atom stereocenters. The lowest BCUT2D eigenvalue weighted by Crippen LogP contribution is -2.31. The van der Waals surface area contributed by atoms with Crippen LogP contribution in [0.2, 0.25) is 0 Å². The molecule has 1 aromatic rings. The quantitative estimate of drug-likeness (QED) is 0.631. The van der Waals surface area contributed by atoms with Crippen molar-refractivity contribution in [1.82, 2.24) is 10.2 Å². The van der Waals surface area contributed by atoms with E-state index in [1.807, 2.05) is 6.07 Å². The van der Waals surface area contributed by atoms with Crippen LogP contribution in [0.4, 0.5) is 0 Å². The smallest absolute Gasteiger partial charge is 0.123 e. The van der Waals surface area contributed by atoms with Crippen LogP contribution in [0.1, 0.15) is 39.7 Å². The number of hydrogen-bond donors (Lipinski definition) is 1. The number of ether oxygens (including phenoxy) is 1. The first-order chi connectivity index (χ1) is 10.2. The first-order valence-electron chi connectivity index (χ1n) is 8.31. The minimum Gasteiger partial charge on any atom is -0.492 e. The summed E-state index contributed by atoms with van der Waals surface area (Å²) in [5.41, 5.74) is 1.25. The van der Waals surface area contributed by atoms with E-state index < -0.39 is 0 Å². The lowest BCUT2D eigenvalue weighted by molar-refractivity contribution is 0.199. The van der Waals surface area contributed by atoms with Crippen LogP contribution < -0.4 is 10.1 Å². The van der Waals surface area contributed by atoms with Crippen LogP contribution >= 0.6 is 0 Å². The van der Waals surface area contributed by atoms with Crippen LogP contribution in [0.15, 0.2) is 24.3 Å². The minimum atomic E-state index is 0.704. The third-order valence-electron chi connectivity index (χ3n) is 3.45. The zero-order valence-corrected chi connectivity index (χ0v) is 14.2. The van der Waals surface area contributed by atoms with Gasteiger partial charge < -0.3 is 10.1 Å². The van der Waals surface area contributed by atoms with Crippen molar-refractivity contribution in [3.05, 3.63) is 29.8 Å². The van der Waals surface area contributed by atoms with Crippen molar-refractivity contribution in [3.63, 3.8) is 0 Å². The maximum Gasteiger partial charge on any atom is 0.123 e. The molecule has 0 amide bonds. The maximum atomic E-state index is 6.00. The summed E-state index contributed by atoms with van der Waals surface area (Å²) < 4.78 is 6.00. The van der Waals surface area contributed by atoms with Gasteiger partial charge in [0.2, 0.25) is 0 Å². The van der Waals surface area contributed by atoms with E-state index in [4.69, 9.17) is 4.74 Å². The Morgan fingerprint density at radius 1 is 1.19 bits per heavy atom. The fourth-order valence-corrected chi connectivity index (χ4v) is 2.37. The van der Waals surface area contributed by atoms with Crippen molar-refractivity contribution in [2.24, 2.45) is 5.92 Å². The Kier molecular flexibility index (Phi) is 9.11. The van der Waals surface area contributed by atoms with Gasteiger partial charge in [0, 0.05) is 25.2 Å². The number of nitrogens with zero attached hydrogens (tertiary/aromatic N) is 1. The zero-order valence-electron chi connectivity index (χ0n) is 14.2. The second kappa shape index (κ2) is 10.6. The molecule has 3 nitrogen and oxygen atoms in total. The van der Waals surface area contributed by atoms with Crippen molar-refractivity contribution in [3.8, 4) is 5.75 Å². The summed E-state index contributed by atoms with van der Waals surface area (Å²) in [6.45, 7) is 14.8. The predicted octanol–water partition coefficient (Wildman–Crippen LogP) is 3.54. The molecule has 0 fully saturated rings.